The number of carbonyl (C=O) groups excluding carboxylic acids is 1. The van der Waals surface area contributed by atoms with Gasteiger partial charge >= 0.3 is 0 Å². The van der Waals surface area contributed by atoms with E-state index in [4.69, 9.17) is 0 Å². The van der Waals surface area contributed by atoms with Crippen LogP contribution < -0.4 is 10.0 Å². The molecule has 1 amide bonds. The fraction of sp³-hybridized carbons (Fsp3) is 0.0909. The number of hydrogen-bond donors (Lipinski definition) is 2. The summed E-state index contributed by atoms with van der Waals surface area (Å²) in [7, 11) is -3.85. The number of nitrogens with zero attached hydrogens (tertiary/aromatic N) is 1. The van der Waals surface area contributed by atoms with E-state index in [1.807, 2.05) is 26.0 Å². The van der Waals surface area contributed by atoms with Crippen LogP contribution >= 0.6 is 27.3 Å². The minimum atomic E-state index is -3.85. The van der Waals surface area contributed by atoms with Crippen LogP contribution in [0.25, 0.3) is 10.2 Å². The quantitative estimate of drug-likeness (QED) is 0.355. The second-order valence-electron chi connectivity index (χ2n) is 7.01. The second kappa shape index (κ2) is 8.41. The van der Waals surface area contributed by atoms with Crippen molar-refractivity contribution in [3.63, 3.8) is 0 Å². The molecular weight excluding hydrogens is 498 g/mol. The predicted octanol–water partition coefficient (Wildman–Crippen LogP) is 5.73. The number of thiazole rings is 1. The lowest BCUT2D eigenvalue weighted by Gasteiger charge is -2.12. The normalized spacial score (nSPS) is 11.5. The molecule has 0 fully saturated rings. The summed E-state index contributed by atoms with van der Waals surface area (Å²) in [4.78, 5) is 17.6. The molecule has 0 bridgehead atoms. The van der Waals surface area contributed by atoms with Crippen LogP contribution in [0.5, 0.6) is 0 Å². The van der Waals surface area contributed by atoms with E-state index in [2.05, 4.69) is 31.0 Å². The monoisotopic (exact) mass is 515 g/mol. The molecule has 0 aliphatic carbocycles. The highest BCUT2D eigenvalue weighted by Gasteiger charge is 2.19. The Bertz CT molecular complexity index is 1400. The molecule has 1 aromatic heterocycles. The summed E-state index contributed by atoms with van der Waals surface area (Å²) >= 11 is 4.67. The van der Waals surface area contributed by atoms with Crippen LogP contribution in [0.4, 0.5) is 10.8 Å². The van der Waals surface area contributed by atoms with E-state index in [0.717, 1.165) is 25.8 Å². The van der Waals surface area contributed by atoms with Gasteiger partial charge in [0.05, 0.1) is 26.4 Å². The highest BCUT2D eigenvalue weighted by molar-refractivity contribution is 9.10. The number of benzene rings is 3. The molecule has 31 heavy (non-hydrogen) atoms. The lowest BCUT2D eigenvalue weighted by atomic mass is 10.1. The molecule has 4 rings (SSSR count). The first-order chi connectivity index (χ1) is 14.7. The van der Waals surface area contributed by atoms with Crippen molar-refractivity contribution in [3.8, 4) is 0 Å². The van der Waals surface area contributed by atoms with Gasteiger partial charge in [0.25, 0.3) is 15.9 Å². The number of rotatable bonds is 5. The first-order valence-electron chi connectivity index (χ1n) is 9.29. The zero-order chi connectivity index (χ0) is 22.2. The zero-order valence-electron chi connectivity index (χ0n) is 16.6. The Labute approximate surface area is 192 Å². The SMILES string of the molecule is Cc1cc(C)c2nc(NC(=O)c3ccccc3NS(=O)(=O)c3ccc(Br)cc3)sc2c1. The van der Waals surface area contributed by atoms with Crippen LogP contribution in [0.3, 0.4) is 0 Å². The Kier molecular flexibility index (Phi) is 5.83. The molecule has 0 unspecified atom stereocenters. The van der Waals surface area contributed by atoms with Gasteiger partial charge in [-0.1, -0.05) is 45.5 Å². The summed E-state index contributed by atoms with van der Waals surface area (Å²) in [6, 6.07) is 16.8. The molecule has 0 atom stereocenters. The number of halogens is 1. The molecule has 2 N–H and O–H groups in total. The van der Waals surface area contributed by atoms with Gasteiger partial charge in [-0.05, 0) is 67.4 Å². The molecule has 0 saturated carbocycles. The first-order valence-corrected chi connectivity index (χ1v) is 12.4. The molecule has 0 aliphatic rings. The first kappa shape index (κ1) is 21.5. The zero-order valence-corrected chi connectivity index (χ0v) is 19.9. The standard InChI is InChI=1S/C22H18BrN3O3S2/c1-13-11-14(2)20-19(12-13)30-22(24-20)25-21(27)17-5-3-4-6-18(17)26-31(28,29)16-9-7-15(23)8-10-16/h3-12,26H,1-2H3,(H,24,25,27). The molecular formula is C22H18BrN3O3S2. The molecule has 3 aromatic carbocycles. The van der Waals surface area contributed by atoms with Crippen molar-refractivity contribution in [2.24, 2.45) is 0 Å². The van der Waals surface area contributed by atoms with Crippen LogP contribution in [0, 0.1) is 13.8 Å². The third-order valence-corrected chi connectivity index (χ3v) is 7.42. The Hall–Kier alpha value is -2.75. The van der Waals surface area contributed by atoms with Gasteiger partial charge in [-0.15, -0.1) is 0 Å². The van der Waals surface area contributed by atoms with E-state index in [1.54, 1.807) is 36.4 Å². The number of hydrogen-bond acceptors (Lipinski definition) is 5. The van der Waals surface area contributed by atoms with Crippen LogP contribution in [0.15, 0.2) is 70.0 Å². The summed E-state index contributed by atoms with van der Waals surface area (Å²) < 4.78 is 29.8. The van der Waals surface area contributed by atoms with Gasteiger partial charge in [-0.25, -0.2) is 13.4 Å². The maximum atomic E-state index is 12.9. The number of anilines is 2. The summed E-state index contributed by atoms with van der Waals surface area (Å²) in [6.45, 7) is 3.99. The molecule has 0 radical (unpaired) electrons. The lowest BCUT2D eigenvalue weighted by Crippen LogP contribution is -2.18. The Balaban J connectivity index is 1.61. The predicted molar refractivity (Wildman–Crippen MR) is 128 cm³/mol. The van der Waals surface area contributed by atoms with E-state index in [1.165, 1.54) is 23.5 Å². The Morgan fingerprint density at radius 2 is 1.74 bits per heavy atom. The van der Waals surface area contributed by atoms with Crippen molar-refractivity contribution in [2.45, 2.75) is 18.7 Å². The number of amides is 1. The van der Waals surface area contributed by atoms with E-state index in [-0.39, 0.29) is 16.1 Å². The van der Waals surface area contributed by atoms with Crippen molar-refractivity contribution >= 4 is 64.2 Å². The van der Waals surface area contributed by atoms with Crippen molar-refractivity contribution in [2.75, 3.05) is 10.0 Å². The third kappa shape index (κ3) is 4.63. The number of fused-ring (bicyclic) bond motifs is 1. The van der Waals surface area contributed by atoms with Gasteiger partial charge in [-0.3, -0.25) is 14.8 Å². The van der Waals surface area contributed by atoms with Gasteiger partial charge in [0.15, 0.2) is 5.13 Å². The lowest BCUT2D eigenvalue weighted by molar-refractivity contribution is 0.102. The molecule has 0 aliphatic heterocycles. The molecule has 4 aromatic rings. The minimum absolute atomic E-state index is 0.0999. The third-order valence-electron chi connectivity index (χ3n) is 4.59. The molecule has 1 heterocycles. The van der Waals surface area contributed by atoms with E-state index in [9.17, 15) is 13.2 Å². The second-order valence-corrected chi connectivity index (χ2v) is 10.6. The fourth-order valence-corrected chi connectivity index (χ4v) is 5.56. The number of aryl methyl sites for hydroxylation is 2. The average molecular weight is 516 g/mol. The number of nitrogens with one attached hydrogen (secondary N) is 2. The average Bonchev–Trinajstić information content (AvgIpc) is 3.11. The topological polar surface area (TPSA) is 88.2 Å². The highest BCUT2D eigenvalue weighted by atomic mass is 79.9. The molecule has 0 spiro atoms. The summed E-state index contributed by atoms with van der Waals surface area (Å²) in [6.07, 6.45) is 0. The molecule has 6 nitrogen and oxygen atoms in total. The maximum Gasteiger partial charge on any atom is 0.261 e. The molecule has 0 saturated heterocycles. The number of sulfonamides is 1. The summed E-state index contributed by atoms with van der Waals surface area (Å²) in [5.41, 5.74) is 3.40. The Morgan fingerprint density at radius 1 is 1.03 bits per heavy atom. The van der Waals surface area contributed by atoms with E-state index < -0.39 is 15.9 Å². The number of carbonyl (C=O) groups is 1. The van der Waals surface area contributed by atoms with Crippen LogP contribution in [-0.4, -0.2) is 19.3 Å². The molecule has 9 heteroatoms. The maximum absolute atomic E-state index is 12.9. The van der Waals surface area contributed by atoms with Gasteiger partial charge in [-0.2, -0.15) is 0 Å². The minimum Gasteiger partial charge on any atom is -0.298 e. The summed E-state index contributed by atoms with van der Waals surface area (Å²) in [5.74, 6) is -0.442. The molecule has 158 valence electrons. The van der Waals surface area contributed by atoms with Gasteiger partial charge in [0.1, 0.15) is 0 Å². The van der Waals surface area contributed by atoms with E-state index in [0.29, 0.717) is 5.13 Å². The largest absolute Gasteiger partial charge is 0.298 e. The number of aromatic nitrogens is 1. The van der Waals surface area contributed by atoms with Crippen molar-refractivity contribution < 1.29 is 13.2 Å². The van der Waals surface area contributed by atoms with Gasteiger partial charge in [0.2, 0.25) is 0 Å². The summed E-state index contributed by atoms with van der Waals surface area (Å²) in [5, 5.41) is 3.25. The smallest absolute Gasteiger partial charge is 0.261 e. The van der Waals surface area contributed by atoms with Crippen LogP contribution in [0.1, 0.15) is 21.5 Å². The van der Waals surface area contributed by atoms with Gasteiger partial charge < -0.3 is 0 Å². The van der Waals surface area contributed by atoms with Crippen molar-refractivity contribution in [1.29, 1.82) is 0 Å². The van der Waals surface area contributed by atoms with E-state index >= 15 is 0 Å². The fourth-order valence-electron chi connectivity index (χ4n) is 3.18. The van der Waals surface area contributed by atoms with Crippen molar-refractivity contribution in [3.05, 3.63) is 81.8 Å². The highest BCUT2D eigenvalue weighted by Crippen LogP contribution is 2.30. The number of para-hydroxylation sites is 1. The van der Waals surface area contributed by atoms with Crippen LogP contribution in [0.2, 0.25) is 0 Å². The Morgan fingerprint density at radius 3 is 2.48 bits per heavy atom. The van der Waals surface area contributed by atoms with Crippen LogP contribution in [-0.2, 0) is 10.0 Å². The van der Waals surface area contributed by atoms with Gasteiger partial charge in [0, 0.05) is 4.47 Å². The van der Waals surface area contributed by atoms with Crippen molar-refractivity contribution in [1.82, 2.24) is 4.98 Å².